The molecule has 13 heavy (non-hydrogen) atoms. The molecule has 1 heterocycles. The van der Waals surface area contributed by atoms with E-state index in [1.54, 1.807) is 0 Å². The van der Waals surface area contributed by atoms with Crippen molar-refractivity contribution in [2.75, 3.05) is 19.7 Å². The number of carbonyl (C=O) groups is 1. The van der Waals surface area contributed by atoms with Gasteiger partial charge in [0.1, 0.15) is 0 Å². The summed E-state index contributed by atoms with van der Waals surface area (Å²) in [5.41, 5.74) is 0.184. The van der Waals surface area contributed by atoms with E-state index in [4.69, 9.17) is 4.74 Å². The Bertz CT molecular complexity index is 190. The van der Waals surface area contributed by atoms with Crippen molar-refractivity contribution >= 4 is 5.97 Å². The number of esters is 1. The molecule has 1 rings (SSSR count). The molecule has 1 aliphatic heterocycles. The van der Waals surface area contributed by atoms with Gasteiger partial charge in [0.2, 0.25) is 0 Å². The average molecular weight is 185 g/mol. The summed E-state index contributed by atoms with van der Waals surface area (Å²) in [6, 6.07) is 0. The largest absolute Gasteiger partial charge is 0.466 e. The van der Waals surface area contributed by atoms with E-state index >= 15 is 0 Å². The minimum absolute atomic E-state index is 0.0389. The first kappa shape index (κ1) is 10.5. The van der Waals surface area contributed by atoms with Crippen molar-refractivity contribution in [3.05, 3.63) is 0 Å². The molecule has 3 nitrogen and oxygen atoms in total. The number of nitrogens with zero attached hydrogens (tertiary/aromatic N) is 1. The van der Waals surface area contributed by atoms with Crippen LogP contribution in [0.5, 0.6) is 0 Å². The van der Waals surface area contributed by atoms with Gasteiger partial charge in [-0.2, -0.15) is 0 Å². The van der Waals surface area contributed by atoms with Crippen LogP contribution in [0, 0.1) is 5.92 Å². The van der Waals surface area contributed by atoms with Crippen LogP contribution in [0.1, 0.15) is 27.7 Å². The van der Waals surface area contributed by atoms with E-state index in [1.165, 1.54) is 0 Å². The molecule has 0 radical (unpaired) electrons. The zero-order chi connectivity index (χ0) is 10.1. The summed E-state index contributed by atoms with van der Waals surface area (Å²) in [5.74, 6) is 0.0715. The Morgan fingerprint density at radius 3 is 2.38 bits per heavy atom. The normalized spacial score (nSPS) is 19.7. The van der Waals surface area contributed by atoms with Crippen LogP contribution in [0.4, 0.5) is 0 Å². The van der Waals surface area contributed by atoms with Crippen LogP contribution in [-0.2, 0) is 9.53 Å². The third-order valence-corrected chi connectivity index (χ3v) is 2.45. The van der Waals surface area contributed by atoms with Gasteiger partial charge in [0.05, 0.1) is 12.5 Å². The zero-order valence-electron chi connectivity index (χ0n) is 8.96. The van der Waals surface area contributed by atoms with E-state index in [1.807, 2.05) is 6.92 Å². The van der Waals surface area contributed by atoms with Crippen molar-refractivity contribution in [1.29, 1.82) is 0 Å². The SMILES string of the molecule is CCOC(=O)C1CN(C(C)(C)C)C1. The van der Waals surface area contributed by atoms with Gasteiger partial charge < -0.3 is 4.74 Å². The molecule has 0 aromatic heterocycles. The summed E-state index contributed by atoms with van der Waals surface area (Å²) in [7, 11) is 0. The van der Waals surface area contributed by atoms with Crippen molar-refractivity contribution in [3.8, 4) is 0 Å². The number of hydrogen-bond donors (Lipinski definition) is 0. The third kappa shape index (κ3) is 2.44. The molecule has 3 heteroatoms. The van der Waals surface area contributed by atoms with E-state index in [0.29, 0.717) is 6.61 Å². The standard InChI is InChI=1S/C10H19NO2/c1-5-13-9(12)8-6-11(7-8)10(2,3)4/h8H,5-7H2,1-4H3. The lowest BCUT2D eigenvalue weighted by Gasteiger charge is -2.46. The lowest BCUT2D eigenvalue weighted by atomic mass is 9.93. The smallest absolute Gasteiger partial charge is 0.311 e. The van der Waals surface area contributed by atoms with E-state index < -0.39 is 0 Å². The maximum atomic E-state index is 11.2. The molecule has 0 spiro atoms. The molecule has 1 fully saturated rings. The quantitative estimate of drug-likeness (QED) is 0.607. The summed E-state index contributed by atoms with van der Waals surface area (Å²) in [4.78, 5) is 13.5. The van der Waals surface area contributed by atoms with Gasteiger partial charge in [-0.25, -0.2) is 0 Å². The summed E-state index contributed by atoms with van der Waals surface area (Å²) < 4.78 is 4.94. The van der Waals surface area contributed by atoms with Gasteiger partial charge in [-0.1, -0.05) is 0 Å². The van der Waals surface area contributed by atoms with Crippen LogP contribution in [-0.4, -0.2) is 36.1 Å². The van der Waals surface area contributed by atoms with Crippen LogP contribution in [0.3, 0.4) is 0 Å². The monoisotopic (exact) mass is 185 g/mol. The maximum absolute atomic E-state index is 11.2. The van der Waals surface area contributed by atoms with Crippen molar-refractivity contribution in [2.45, 2.75) is 33.2 Å². The van der Waals surface area contributed by atoms with Gasteiger partial charge in [-0.05, 0) is 27.7 Å². The first-order valence-electron chi connectivity index (χ1n) is 4.87. The van der Waals surface area contributed by atoms with Crippen LogP contribution < -0.4 is 0 Å². The second-order valence-corrected chi connectivity index (χ2v) is 4.52. The van der Waals surface area contributed by atoms with Gasteiger partial charge in [0.15, 0.2) is 0 Å². The topological polar surface area (TPSA) is 29.5 Å². The molecule has 0 aromatic carbocycles. The van der Waals surface area contributed by atoms with Crippen LogP contribution in [0.15, 0.2) is 0 Å². The Morgan fingerprint density at radius 1 is 1.46 bits per heavy atom. The van der Waals surface area contributed by atoms with Crippen LogP contribution in [0.25, 0.3) is 0 Å². The maximum Gasteiger partial charge on any atom is 0.311 e. The summed E-state index contributed by atoms with van der Waals surface area (Å²) in [6.07, 6.45) is 0. The number of rotatable bonds is 2. The van der Waals surface area contributed by atoms with E-state index in [0.717, 1.165) is 13.1 Å². The lowest BCUT2D eigenvalue weighted by Crippen LogP contribution is -2.58. The highest BCUT2D eigenvalue weighted by molar-refractivity contribution is 5.74. The molecule has 0 aromatic rings. The predicted octanol–water partition coefficient (Wildman–Crippen LogP) is 1.28. The first-order valence-corrected chi connectivity index (χ1v) is 4.87. The fourth-order valence-electron chi connectivity index (χ4n) is 1.44. The molecule has 0 aliphatic carbocycles. The van der Waals surface area contributed by atoms with E-state index in [-0.39, 0.29) is 17.4 Å². The van der Waals surface area contributed by atoms with Crippen molar-refractivity contribution < 1.29 is 9.53 Å². The minimum atomic E-state index is -0.0389. The third-order valence-electron chi connectivity index (χ3n) is 2.45. The molecule has 0 atom stereocenters. The van der Waals surface area contributed by atoms with Crippen LogP contribution >= 0.6 is 0 Å². The Balaban J connectivity index is 2.29. The Morgan fingerprint density at radius 2 is 2.00 bits per heavy atom. The predicted molar refractivity (Wildman–Crippen MR) is 51.4 cm³/mol. The Labute approximate surface area is 80.1 Å². The molecule has 76 valence electrons. The van der Waals surface area contributed by atoms with Crippen molar-refractivity contribution in [1.82, 2.24) is 4.90 Å². The second-order valence-electron chi connectivity index (χ2n) is 4.52. The highest BCUT2D eigenvalue weighted by Gasteiger charge is 2.38. The summed E-state index contributed by atoms with van der Waals surface area (Å²) in [5, 5.41) is 0. The molecule has 0 saturated carbocycles. The van der Waals surface area contributed by atoms with Gasteiger partial charge in [0.25, 0.3) is 0 Å². The Hall–Kier alpha value is -0.570. The molecule has 1 aliphatic rings. The summed E-state index contributed by atoms with van der Waals surface area (Å²) >= 11 is 0. The average Bonchev–Trinajstić information content (AvgIpc) is 1.79. The molecule has 0 N–H and O–H groups in total. The molecule has 1 saturated heterocycles. The van der Waals surface area contributed by atoms with Gasteiger partial charge in [-0.15, -0.1) is 0 Å². The number of carbonyl (C=O) groups excluding carboxylic acids is 1. The van der Waals surface area contributed by atoms with Gasteiger partial charge in [-0.3, -0.25) is 9.69 Å². The number of likely N-dealkylation sites (tertiary alicyclic amines) is 1. The van der Waals surface area contributed by atoms with Crippen LogP contribution in [0.2, 0.25) is 0 Å². The van der Waals surface area contributed by atoms with E-state index in [2.05, 4.69) is 25.7 Å². The molecule has 0 bridgehead atoms. The molecule has 0 unspecified atom stereocenters. The molecular weight excluding hydrogens is 166 g/mol. The van der Waals surface area contributed by atoms with E-state index in [9.17, 15) is 4.79 Å². The highest BCUT2D eigenvalue weighted by atomic mass is 16.5. The van der Waals surface area contributed by atoms with Gasteiger partial charge in [0, 0.05) is 18.6 Å². The van der Waals surface area contributed by atoms with Crippen molar-refractivity contribution in [3.63, 3.8) is 0 Å². The number of hydrogen-bond acceptors (Lipinski definition) is 3. The first-order chi connectivity index (χ1) is 5.95. The number of ether oxygens (including phenoxy) is 1. The summed E-state index contributed by atoms with van der Waals surface area (Å²) in [6.45, 7) is 10.5. The zero-order valence-corrected chi connectivity index (χ0v) is 8.96. The highest BCUT2D eigenvalue weighted by Crippen LogP contribution is 2.25. The molecule has 0 amide bonds. The van der Waals surface area contributed by atoms with Gasteiger partial charge >= 0.3 is 5.97 Å². The lowest BCUT2D eigenvalue weighted by molar-refractivity contribution is -0.156. The van der Waals surface area contributed by atoms with Crippen molar-refractivity contribution in [2.24, 2.45) is 5.92 Å². The fraction of sp³-hybridized carbons (Fsp3) is 0.900. The Kier molecular flexibility index (Phi) is 2.96. The second kappa shape index (κ2) is 3.66. The fourth-order valence-corrected chi connectivity index (χ4v) is 1.44. The molecular formula is C10H19NO2. The minimum Gasteiger partial charge on any atom is -0.466 e.